The number of benzene rings is 1. The van der Waals surface area contributed by atoms with Crippen LogP contribution in [-0.2, 0) is 14.2 Å². The lowest BCUT2D eigenvalue weighted by atomic mass is 10.1. The Labute approximate surface area is 228 Å². The summed E-state index contributed by atoms with van der Waals surface area (Å²) in [6.07, 6.45) is 3.26. The van der Waals surface area contributed by atoms with E-state index in [4.69, 9.17) is 14.9 Å². The third-order valence-corrected chi connectivity index (χ3v) is 7.53. The first-order valence-electron chi connectivity index (χ1n) is 13.1. The zero-order valence-corrected chi connectivity index (χ0v) is 23.9. The fourth-order valence-corrected chi connectivity index (χ4v) is 4.92. The Morgan fingerprint density at radius 2 is 1.79 bits per heavy atom. The molecule has 3 amide bonds. The van der Waals surface area contributed by atoms with E-state index in [2.05, 4.69) is 29.0 Å². The van der Waals surface area contributed by atoms with Gasteiger partial charge in [0.25, 0.3) is 0 Å². The number of pyridine rings is 1. The zero-order chi connectivity index (χ0) is 29.2. The van der Waals surface area contributed by atoms with Crippen molar-refractivity contribution < 1.29 is 33.8 Å². The summed E-state index contributed by atoms with van der Waals surface area (Å²) in [5, 5.41) is 14.5. The first-order chi connectivity index (χ1) is 18.4. The number of nitrogens with one attached hydrogen (secondary N) is 2. The molecule has 0 spiro atoms. The van der Waals surface area contributed by atoms with E-state index in [9.17, 15) is 18.9 Å². The van der Waals surface area contributed by atoms with Gasteiger partial charge < -0.3 is 30.4 Å². The van der Waals surface area contributed by atoms with E-state index >= 15 is 0 Å². The van der Waals surface area contributed by atoms with Gasteiger partial charge in [0.05, 0.1) is 11.2 Å². The minimum Gasteiger partial charge on any atom is -0.479 e. The lowest BCUT2D eigenvalue weighted by molar-refractivity contribution is -0.139. The van der Waals surface area contributed by atoms with Crippen molar-refractivity contribution in [2.45, 2.75) is 65.2 Å². The lowest BCUT2D eigenvalue weighted by Gasteiger charge is -2.31. The first-order valence-corrected chi connectivity index (χ1v) is 14.8. The molecule has 0 aliphatic heterocycles. The van der Waals surface area contributed by atoms with Crippen LogP contribution in [0.2, 0.25) is 0 Å². The predicted molar refractivity (Wildman–Crippen MR) is 150 cm³/mol. The van der Waals surface area contributed by atoms with Gasteiger partial charge in [0.15, 0.2) is 0 Å². The molecule has 0 saturated heterocycles. The molecule has 0 radical (unpaired) electrons. The van der Waals surface area contributed by atoms with Gasteiger partial charge in [0.2, 0.25) is 11.7 Å². The summed E-state index contributed by atoms with van der Waals surface area (Å²) in [6.45, 7) is 11.1. The van der Waals surface area contributed by atoms with Gasteiger partial charge in [-0.05, 0) is 70.4 Å². The number of hydrogen-bond acceptors (Lipinski definition) is 6. The maximum atomic E-state index is 13.5. The SMILES string of the molecule is CCN(CC)CCCC(C)N(C(=O)NCCCC(=O)NC(C(=O)O)P(=O)(O)O)c1ccnc2cc(C)ccc12. The molecule has 1 heterocycles. The highest BCUT2D eigenvalue weighted by atomic mass is 31.2. The number of aromatic nitrogens is 1. The summed E-state index contributed by atoms with van der Waals surface area (Å²) in [6, 6.07) is 7.18. The number of carboxylic acids is 1. The van der Waals surface area contributed by atoms with E-state index in [0.29, 0.717) is 0 Å². The molecule has 0 aliphatic rings. The molecular weight excluding hydrogens is 525 g/mol. The molecule has 12 nitrogen and oxygen atoms in total. The third-order valence-electron chi connectivity index (χ3n) is 6.51. The van der Waals surface area contributed by atoms with Gasteiger partial charge in [-0.2, -0.15) is 0 Å². The number of hydrogen-bond donors (Lipinski definition) is 5. The molecule has 39 heavy (non-hydrogen) atoms. The Morgan fingerprint density at radius 1 is 1.10 bits per heavy atom. The largest absolute Gasteiger partial charge is 0.479 e. The van der Waals surface area contributed by atoms with Gasteiger partial charge in [-0.25, -0.2) is 9.59 Å². The van der Waals surface area contributed by atoms with E-state index in [0.717, 1.165) is 54.6 Å². The second-order valence-corrected chi connectivity index (χ2v) is 11.2. The van der Waals surface area contributed by atoms with Crippen molar-refractivity contribution in [3.05, 3.63) is 36.0 Å². The van der Waals surface area contributed by atoms with Gasteiger partial charge in [-0.15, -0.1) is 0 Å². The molecule has 216 valence electrons. The summed E-state index contributed by atoms with van der Waals surface area (Å²) < 4.78 is 11.3. The van der Waals surface area contributed by atoms with E-state index < -0.39 is 25.3 Å². The van der Waals surface area contributed by atoms with Crippen molar-refractivity contribution in [3.63, 3.8) is 0 Å². The highest BCUT2D eigenvalue weighted by Gasteiger charge is 2.37. The molecule has 1 aromatic carbocycles. The standard InChI is InChI=1S/C26H40N5O7P/c1-5-30(6-2)16-8-9-19(4)31(22-13-15-27-21-17-18(3)11-12-20(21)22)26(35)28-14-7-10-23(32)29-24(25(33)34)39(36,37)38/h11-13,15,17,19,24H,5-10,14,16H2,1-4H3,(H,28,35)(H,29,32)(H,33,34)(H2,36,37,38). The second-order valence-electron chi connectivity index (χ2n) is 9.47. The minimum absolute atomic E-state index is 0.102. The van der Waals surface area contributed by atoms with Crippen molar-refractivity contribution in [2.75, 3.05) is 31.1 Å². The van der Waals surface area contributed by atoms with Crippen molar-refractivity contribution in [1.82, 2.24) is 20.5 Å². The fourth-order valence-electron chi connectivity index (χ4n) is 4.32. The number of rotatable bonds is 15. The minimum atomic E-state index is -5.06. The molecule has 0 saturated carbocycles. The summed E-state index contributed by atoms with van der Waals surface area (Å²) in [5.74, 6) is -4.97. The number of fused-ring (bicyclic) bond motifs is 1. The number of carbonyl (C=O) groups is 3. The molecule has 0 bridgehead atoms. The van der Waals surface area contributed by atoms with Crippen LogP contribution in [0.5, 0.6) is 0 Å². The number of urea groups is 1. The van der Waals surface area contributed by atoms with Crippen molar-refractivity contribution >= 4 is 42.1 Å². The third kappa shape index (κ3) is 9.58. The highest BCUT2D eigenvalue weighted by molar-refractivity contribution is 7.53. The second kappa shape index (κ2) is 14.9. The van der Waals surface area contributed by atoms with Crippen molar-refractivity contribution in [2.24, 2.45) is 0 Å². The predicted octanol–water partition coefficient (Wildman–Crippen LogP) is 3.05. The molecule has 2 atom stereocenters. The van der Waals surface area contributed by atoms with E-state index in [1.165, 1.54) is 0 Å². The van der Waals surface area contributed by atoms with E-state index in [-0.39, 0.29) is 31.5 Å². The van der Waals surface area contributed by atoms with Gasteiger partial charge >= 0.3 is 19.6 Å². The zero-order valence-electron chi connectivity index (χ0n) is 23.0. The average molecular weight is 566 g/mol. The Bertz CT molecular complexity index is 1180. The maximum absolute atomic E-state index is 13.5. The van der Waals surface area contributed by atoms with E-state index in [1.54, 1.807) is 17.2 Å². The molecule has 1 aromatic heterocycles. The molecule has 2 aromatic rings. The quantitative estimate of drug-likeness (QED) is 0.161. The summed E-state index contributed by atoms with van der Waals surface area (Å²) in [5.41, 5.74) is 2.55. The van der Waals surface area contributed by atoms with Crippen LogP contribution in [0.4, 0.5) is 10.5 Å². The monoisotopic (exact) mass is 565 g/mol. The molecular formula is C26H40N5O7P. The smallest absolute Gasteiger partial charge is 0.359 e. The summed E-state index contributed by atoms with van der Waals surface area (Å²) in [4.78, 5) is 63.3. The molecule has 0 aliphatic carbocycles. The first kappa shape index (κ1) is 32.2. The van der Waals surface area contributed by atoms with Crippen LogP contribution in [0.15, 0.2) is 30.5 Å². The number of carbonyl (C=O) groups excluding carboxylic acids is 2. The van der Waals surface area contributed by atoms with Crippen LogP contribution in [0.25, 0.3) is 10.9 Å². The Hall–Kier alpha value is -3.05. The Balaban J connectivity index is 2.12. The summed E-state index contributed by atoms with van der Waals surface area (Å²) >= 11 is 0. The van der Waals surface area contributed by atoms with Gasteiger partial charge in [0, 0.05) is 30.6 Å². The van der Waals surface area contributed by atoms with Crippen molar-refractivity contribution in [1.29, 1.82) is 0 Å². The van der Waals surface area contributed by atoms with Crippen LogP contribution in [0.1, 0.15) is 52.0 Å². The number of aliphatic carboxylic acids is 1. The summed E-state index contributed by atoms with van der Waals surface area (Å²) in [7, 11) is -5.06. The Kier molecular flexibility index (Phi) is 12.3. The molecule has 0 fully saturated rings. The normalized spacial score (nSPS) is 13.2. The fraction of sp³-hybridized carbons (Fsp3) is 0.538. The van der Waals surface area contributed by atoms with Crippen LogP contribution in [0, 0.1) is 6.92 Å². The van der Waals surface area contributed by atoms with Gasteiger partial charge in [-0.1, -0.05) is 26.0 Å². The molecule has 5 N–H and O–H groups in total. The van der Waals surface area contributed by atoms with Gasteiger partial charge in [0.1, 0.15) is 0 Å². The van der Waals surface area contributed by atoms with Crippen LogP contribution in [-0.4, -0.2) is 80.7 Å². The number of aryl methyl sites for hydroxylation is 1. The Morgan fingerprint density at radius 3 is 2.41 bits per heavy atom. The average Bonchev–Trinajstić information content (AvgIpc) is 2.87. The molecule has 2 unspecified atom stereocenters. The number of anilines is 1. The topological polar surface area (TPSA) is 172 Å². The van der Waals surface area contributed by atoms with E-state index in [1.807, 2.05) is 37.4 Å². The number of nitrogens with zero attached hydrogens (tertiary/aromatic N) is 3. The molecule has 13 heteroatoms. The van der Waals surface area contributed by atoms with Crippen LogP contribution >= 0.6 is 7.60 Å². The van der Waals surface area contributed by atoms with Gasteiger partial charge in [-0.3, -0.25) is 19.2 Å². The number of carboxylic acid groups (broad SMARTS) is 1. The highest BCUT2D eigenvalue weighted by Crippen LogP contribution is 2.39. The van der Waals surface area contributed by atoms with Crippen LogP contribution in [0.3, 0.4) is 0 Å². The number of amides is 3. The van der Waals surface area contributed by atoms with Crippen LogP contribution < -0.4 is 15.5 Å². The maximum Gasteiger partial charge on any atom is 0.359 e. The van der Waals surface area contributed by atoms with Crippen molar-refractivity contribution in [3.8, 4) is 0 Å². The molecule has 2 rings (SSSR count). The lowest BCUT2D eigenvalue weighted by Crippen LogP contribution is -2.46.